The topological polar surface area (TPSA) is 220 Å². The van der Waals surface area contributed by atoms with Gasteiger partial charge in [-0.3, -0.25) is 0 Å². The zero-order valence-corrected chi connectivity index (χ0v) is 75.6. The Labute approximate surface area is 722 Å². The van der Waals surface area contributed by atoms with Crippen LogP contribution in [0.5, 0.6) is 0 Å². The molecule has 0 bridgehead atoms. The van der Waals surface area contributed by atoms with E-state index in [1.807, 2.05) is 24.3 Å². The Hall–Kier alpha value is -3.64. The minimum absolute atomic E-state index is 0. The van der Waals surface area contributed by atoms with Gasteiger partial charge in [0, 0.05) is 0 Å². The molecule has 0 saturated heterocycles. The number of hydrogen-bond donors (Lipinski definition) is 0. The molecule has 0 radical (unpaired) electrons. The number of hydrogen-bond acceptors (Lipinski definition) is 14. The molecule has 0 unspecified atom stereocenters. The first-order chi connectivity index (χ1) is 54.6. The van der Waals surface area contributed by atoms with Crippen LogP contribution in [-0.2, 0) is 39.2 Å². The average molecular weight is 1640 g/mol. The van der Waals surface area contributed by atoms with E-state index in [-0.39, 0.29) is 75.3 Å². The molecule has 14 nitrogen and oxygen atoms in total. The maximum Gasteiger partial charge on any atom is 2.00 e. The number of carbonyl (C=O) groups excluding carboxylic acids is 4. The van der Waals surface area contributed by atoms with Gasteiger partial charge < -0.3 is 28.1 Å². The normalized spacial score (nSPS) is 11.3. The summed E-state index contributed by atoms with van der Waals surface area (Å²) in [7, 11) is -10.0. The fourth-order valence-corrected chi connectivity index (χ4v) is 16.0. The average Bonchev–Trinajstić information content (AvgIpc) is 0.797. The molecule has 0 aliphatic heterocycles. The van der Waals surface area contributed by atoms with Crippen LogP contribution >= 0.6 is 0 Å². The first-order valence-electron chi connectivity index (χ1n) is 45.9. The van der Waals surface area contributed by atoms with Crippen molar-refractivity contribution in [3.05, 3.63) is 109 Å². The van der Waals surface area contributed by atoms with E-state index < -0.39 is 65.0 Å². The van der Waals surface area contributed by atoms with E-state index in [4.69, 9.17) is 18.9 Å². The van der Waals surface area contributed by atoms with Crippen molar-refractivity contribution in [1.82, 2.24) is 0 Å². The summed E-state index contributed by atoms with van der Waals surface area (Å²) in [5.74, 6) is -3.62. The smallest absolute Gasteiger partial charge is 0.744 e. The number of ether oxygens (including phenoxy) is 4. The number of unbranched alkanes of at least 4 members (excludes halogenated alkanes) is 64. The van der Waals surface area contributed by atoms with Crippen molar-refractivity contribution < 1.29 is 64.1 Å². The zero-order chi connectivity index (χ0) is 81.6. The molecule has 0 N–H and O–H groups in total. The molecule has 2 rings (SSSR count). The molecule has 17 heteroatoms. The molecule has 2 aromatic carbocycles. The molecule has 644 valence electrons. The first-order valence-corrected chi connectivity index (χ1v) is 48.8. The molecular weight excluding hydrogens is 1480 g/mol. The first kappa shape index (κ1) is 109. The van der Waals surface area contributed by atoms with E-state index in [0.717, 1.165) is 115 Å². The van der Waals surface area contributed by atoms with Gasteiger partial charge in [0.1, 0.15) is 20.2 Å². The van der Waals surface area contributed by atoms with Crippen LogP contribution in [0.2, 0.25) is 0 Å². The summed E-state index contributed by atoms with van der Waals surface area (Å²) in [6.45, 7) is 15.6. The van der Waals surface area contributed by atoms with Crippen LogP contribution in [0.25, 0.3) is 0 Å². The molecule has 0 saturated carbocycles. The van der Waals surface area contributed by atoms with Crippen LogP contribution in [0.3, 0.4) is 0 Å². The van der Waals surface area contributed by atoms with Gasteiger partial charge in [-0.1, -0.05) is 396 Å². The largest absolute Gasteiger partial charge is 2.00 e. The maximum absolute atomic E-state index is 13.0. The van der Waals surface area contributed by atoms with Crippen molar-refractivity contribution in [2.24, 2.45) is 0 Å². The SMILES string of the molecule is C=CCCCCCCCCCCCCCCCCCCOC(=O)c1cccc(S(=O)(=O)[O-])c1C(=O)OCCCCCCCCCCCCCCCCCCC=C.C=CCCCCCCCCCCCCCCCCCCOC(=O)c1cccc(S(=O)(=O)[O-])c1C(=O)OCCCCCCCCCCCCCCCCCCC=C.[Ca+2]. The van der Waals surface area contributed by atoms with Crippen molar-refractivity contribution in [1.29, 1.82) is 0 Å². The second-order valence-electron chi connectivity index (χ2n) is 31.7. The fourth-order valence-electron chi connectivity index (χ4n) is 14.7. The van der Waals surface area contributed by atoms with Gasteiger partial charge in [-0.05, 0) is 101 Å². The number of esters is 4. The monoisotopic (exact) mass is 1640 g/mol. The Kier molecular flexibility index (Phi) is 78.2. The Morgan fingerprint density at radius 2 is 0.381 bits per heavy atom. The summed E-state index contributed by atoms with van der Waals surface area (Å²) in [5, 5.41) is 0. The number of allylic oxidation sites excluding steroid dienone is 4. The van der Waals surface area contributed by atoms with Crippen LogP contribution in [-0.4, -0.2) is 114 Å². The molecule has 0 aliphatic carbocycles. The third-order valence-corrected chi connectivity index (χ3v) is 23.3. The Balaban J connectivity index is 0.00000220. The molecule has 0 amide bonds. The Morgan fingerprint density at radius 1 is 0.239 bits per heavy atom. The van der Waals surface area contributed by atoms with Crippen LogP contribution in [0.1, 0.15) is 478 Å². The zero-order valence-electron chi connectivity index (χ0n) is 71.8. The van der Waals surface area contributed by atoms with Crippen molar-refractivity contribution in [2.75, 3.05) is 26.4 Å². The molecule has 0 aliphatic rings. The van der Waals surface area contributed by atoms with Gasteiger partial charge in [-0.15, -0.1) is 26.3 Å². The fraction of sp³-hybridized carbons (Fsp3) is 0.750. The van der Waals surface area contributed by atoms with Crippen molar-refractivity contribution in [3.8, 4) is 0 Å². The maximum atomic E-state index is 13.0. The quantitative estimate of drug-likeness (QED) is 0.0150. The second kappa shape index (κ2) is 80.8. The van der Waals surface area contributed by atoms with Gasteiger partial charge in [0.05, 0.1) is 58.5 Å². The summed E-state index contributed by atoms with van der Waals surface area (Å²) < 4.78 is 93.6. The van der Waals surface area contributed by atoms with Gasteiger partial charge in [-0.25, -0.2) is 36.0 Å². The van der Waals surface area contributed by atoms with Gasteiger partial charge >= 0.3 is 61.6 Å². The van der Waals surface area contributed by atoms with Gasteiger partial charge in [0.25, 0.3) is 0 Å². The van der Waals surface area contributed by atoms with E-state index >= 15 is 0 Å². The van der Waals surface area contributed by atoms with E-state index in [2.05, 4.69) is 26.3 Å². The van der Waals surface area contributed by atoms with Crippen LogP contribution < -0.4 is 0 Å². The summed E-state index contributed by atoms with van der Waals surface area (Å²) in [4.78, 5) is 50.5. The Bertz CT molecular complexity index is 2680. The van der Waals surface area contributed by atoms with Gasteiger partial charge in [-0.2, -0.15) is 0 Å². The van der Waals surface area contributed by atoms with E-state index in [9.17, 15) is 45.1 Å². The molecule has 0 atom stereocenters. The Morgan fingerprint density at radius 3 is 0.531 bits per heavy atom. The predicted octanol–water partition coefficient (Wildman–Crippen LogP) is 28.7. The molecular formula is C96H162CaO14S2. The van der Waals surface area contributed by atoms with Crippen LogP contribution in [0.4, 0.5) is 0 Å². The summed E-state index contributed by atoms with van der Waals surface area (Å²) in [5.41, 5.74) is -1.55. The van der Waals surface area contributed by atoms with Gasteiger partial charge in [0.2, 0.25) is 0 Å². The van der Waals surface area contributed by atoms with Crippen molar-refractivity contribution in [2.45, 2.75) is 446 Å². The van der Waals surface area contributed by atoms with Crippen molar-refractivity contribution in [3.63, 3.8) is 0 Å². The molecule has 0 spiro atoms. The minimum Gasteiger partial charge on any atom is -0.744 e. The van der Waals surface area contributed by atoms with Gasteiger partial charge in [0.15, 0.2) is 0 Å². The second-order valence-corrected chi connectivity index (χ2v) is 34.4. The molecule has 0 heterocycles. The molecule has 2 aromatic rings. The summed E-state index contributed by atoms with van der Waals surface area (Å²) >= 11 is 0. The van der Waals surface area contributed by atoms with Crippen molar-refractivity contribution >= 4 is 81.9 Å². The van der Waals surface area contributed by atoms with E-state index in [1.54, 1.807) is 0 Å². The standard InChI is InChI=1S/2C48H82O7S.Ca/c2*1-3-5-7-9-11-13-15-17-19-21-23-25-27-29-31-33-35-37-42-54-47(49)44-40-39-41-45(56(51,52)53)46(44)48(50)55-43-38-36-34-32-30-28-26-24-22-20-18-16-14-12-10-8-6-4-2;/h2*3-4,39-41H,1-2,5-38,42-43H2,(H,51,52,53);/q;;+2/p-2. The third-order valence-electron chi connectivity index (χ3n) is 21.6. The molecule has 113 heavy (non-hydrogen) atoms. The number of rotatable bonds is 82. The van der Waals surface area contributed by atoms with Crippen LogP contribution in [0.15, 0.2) is 96.8 Å². The third kappa shape index (κ3) is 65.9. The summed E-state index contributed by atoms with van der Waals surface area (Å²) in [6.07, 6.45) is 90.8. The van der Waals surface area contributed by atoms with E-state index in [1.165, 1.54) is 332 Å². The van der Waals surface area contributed by atoms with E-state index in [0.29, 0.717) is 25.7 Å². The van der Waals surface area contributed by atoms with Crippen LogP contribution in [0, 0.1) is 0 Å². The molecule has 0 aromatic heterocycles. The molecule has 0 fully saturated rings. The summed E-state index contributed by atoms with van der Waals surface area (Å²) in [6, 6.07) is 7.27. The predicted molar refractivity (Wildman–Crippen MR) is 470 cm³/mol. The minimum atomic E-state index is -5.02. The number of carbonyl (C=O) groups is 4. The number of benzene rings is 2.